The molecule has 0 radical (unpaired) electrons. The van der Waals surface area contributed by atoms with Crippen LogP contribution in [0.15, 0.2) is 60.7 Å². The quantitative estimate of drug-likeness (QED) is 0.404. The van der Waals surface area contributed by atoms with Gasteiger partial charge in [-0.15, -0.1) is 5.10 Å². The minimum Gasteiger partial charge on any atom is -0.293 e. The standard InChI is InChI=1S/C18H12BrN3O/c19-11-18(23)14-6-5-13-10-15(8-7-12(13)9-14)22-17-4-2-1-3-16(17)20-21-22/h1-10H,11H2. The van der Waals surface area contributed by atoms with Gasteiger partial charge in [-0.3, -0.25) is 4.79 Å². The molecule has 0 aliphatic heterocycles. The molecule has 4 aromatic rings. The molecule has 1 heterocycles. The molecule has 0 aliphatic carbocycles. The molecular formula is C18H12BrN3O. The first-order valence-corrected chi connectivity index (χ1v) is 8.32. The van der Waals surface area contributed by atoms with Crippen molar-refractivity contribution in [2.75, 3.05) is 5.33 Å². The Kier molecular flexibility index (Phi) is 3.42. The fraction of sp³-hybridized carbons (Fsp3) is 0.0556. The van der Waals surface area contributed by atoms with E-state index in [0.29, 0.717) is 10.9 Å². The summed E-state index contributed by atoms with van der Waals surface area (Å²) >= 11 is 3.21. The number of ketones is 1. The summed E-state index contributed by atoms with van der Waals surface area (Å²) in [6.45, 7) is 0. The number of alkyl halides is 1. The van der Waals surface area contributed by atoms with Crippen LogP contribution in [0.4, 0.5) is 0 Å². The van der Waals surface area contributed by atoms with Crippen LogP contribution in [0, 0.1) is 0 Å². The summed E-state index contributed by atoms with van der Waals surface area (Å²) in [5, 5.41) is 10.9. The van der Waals surface area contributed by atoms with Crippen LogP contribution in [-0.4, -0.2) is 26.1 Å². The lowest BCUT2D eigenvalue weighted by molar-refractivity contribution is 0.102. The number of aromatic nitrogens is 3. The number of carbonyl (C=O) groups is 1. The van der Waals surface area contributed by atoms with E-state index in [1.807, 2.05) is 59.3 Å². The zero-order valence-electron chi connectivity index (χ0n) is 12.1. The second kappa shape index (κ2) is 5.59. The van der Waals surface area contributed by atoms with Gasteiger partial charge in [0.15, 0.2) is 5.78 Å². The number of halogens is 1. The molecule has 0 atom stereocenters. The molecule has 112 valence electrons. The average molecular weight is 366 g/mol. The number of Topliss-reactive ketones (excluding diaryl/α,β-unsaturated/α-hetero) is 1. The SMILES string of the molecule is O=C(CBr)c1ccc2cc(-n3nnc4ccccc43)ccc2c1. The topological polar surface area (TPSA) is 47.8 Å². The molecule has 4 nitrogen and oxygen atoms in total. The van der Waals surface area contributed by atoms with Crippen LogP contribution in [0.25, 0.3) is 27.5 Å². The second-order valence-corrected chi connectivity index (χ2v) is 5.85. The number of fused-ring (bicyclic) bond motifs is 2. The number of hydrogen-bond donors (Lipinski definition) is 0. The normalized spacial score (nSPS) is 11.2. The van der Waals surface area contributed by atoms with Gasteiger partial charge in [-0.1, -0.05) is 51.5 Å². The predicted octanol–water partition coefficient (Wildman–Crippen LogP) is 4.15. The maximum atomic E-state index is 11.8. The van der Waals surface area contributed by atoms with E-state index in [0.717, 1.165) is 27.5 Å². The van der Waals surface area contributed by atoms with Crippen molar-refractivity contribution in [3.8, 4) is 5.69 Å². The third-order valence-electron chi connectivity index (χ3n) is 3.86. The van der Waals surface area contributed by atoms with Gasteiger partial charge in [-0.05, 0) is 41.1 Å². The highest BCUT2D eigenvalue weighted by molar-refractivity contribution is 9.09. The van der Waals surface area contributed by atoms with E-state index in [4.69, 9.17) is 0 Å². The van der Waals surface area contributed by atoms with Gasteiger partial charge in [0.05, 0.1) is 16.5 Å². The van der Waals surface area contributed by atoms with Crippen LogP contribution >= 0.6 is 15.9 Å². The molecule has 5 heteroatoms. The summed E-state index contributed by atoms with van der Waals surface area (Å²) in [4.78, 5) is 11.8. The van der Waals surface area contributed by atoms with Gasteiger partial charge in [0, 0.05) is 5.56 Å². The Bertz CT molecular complexity index is 1040. The Balaban J connectivity index is 1.84. The van der Waals surface area contributed by atoms with Crippen LogP contribution in [-0.2, 0) is 0 Å². The lowest BCUT2D eigenvalue weighted by atomic mass is 10.0. The van der Waals surface area contributed by atoms with Gasteiger partial charge < -0.3 is 0 Å². The number of para-hydroxylation sites is 1. The number of rotatable bonds is 3. The molecular weight excluding hydrogens is 354 g/mol. The lowest BCUT2D eigenvalue weighted by Gasteiger charge is -2.06. The highest BCUT2D eigenvalue weighted by Gasteiger charge is 2.08. The van der Waals surface area contributed by atoms with Gasteiger partial charge >= 0.3 is 0 Å². The summed E-state index contributed by atoms with van der Waals surface area (Å²) in [6.07, 6.45) is 0. The lowest BCUT2D eigenvalue weighted by Crippen LogP contribution is -2.00. The maximum absolute atomic E-state index is 11.8. The molecule has 3 aromatic carbocycles. The molecule has 0 aliphatic rings. The van der Waals surface area contributed by atoms with E-state index in [1.165, 1.54) is 0 Å². The zero-order valence-corrected chi connectivity index (χ0v) is 13.7. The highest BCUT2D eigenvalue weighted by atomic mass is 79.9. The molecule has 0 spiro atoms. The van der Waals surface area contributed by atoms with Gasteiger partial charge in [-0.2, -0.15) is 0 Å². The minimum atomic E-state index is 0.0817. The number of benzene rings is 3. The van der Waals surface area contributed by atoms with Crippen molar-refractivity contribution < 1.29 is 4.79 Å². The highest BCUT2D eigenvalue weighted by Crippen LogP contribution is 2.22. The first-order valence-electron chi connectivity index (χ1n) is 7.20. The van der Waals surface area contributed by atoms with Crippen molar-refractivity contribution in [1.82, 2.24) is 15.0 Å². The van der Waals surface area contributed by atoms with Crippen LogP contribution in [0.2, 0.25) is 0 Å². The van der Waals surface area contributed by atoms with Crippen molar-refractivity contribution >= 4 is 43.5 Å². The van der Waals surface area contributed by atoms with Crippen LogP contribution in [0.5, 0.6) is 0 Å². The van der Waals surface area contributed by atoms with Gasteiger partial charge in [0.25, 0.3) is 0 Å². The minimum absolute atomic E-state index is 0.0817. The molecule has 23 heavy (non-hydrogen) atoms. The van der Waals surface area contributed by atoms with Crippen LogP contribution in [0.3, 0.4) is 0 Å². The molecule has 0 saturated carbocycles. The molecule has 1 aromatic heterocycles. The van der Waals surface area contributed by atoms with Gasteiger partial charge in [0.2, 0.25) is 0 Å². The third-order valence-corrected chi connectivity index (χ3v) is 4.37. The van der Waals surface area contributed by atoms with Crippen molar-refractivity contribution in [3.05, 3.63) is 66.2 Å². The van der Waals surface area contributed by atoms with Gasteiger partial charge in [-0.25, -0.2) is 4.68 Å². The van der Waals surface area contributed by atoms with Crippen molar-refractivity contribution in [3.63, 3.8) is 0 Å². The smallest absolute Gasteiger partial charge is 0.173 e. The molecule has 4 rings (SSSR count). The number of hydrogen-bond acceptors (Lipinski definition) is 3. The molecule has 0 amide bonds. The fourth-order valence-electron chi connectivity index (χ4n) is 2.68. The molecule has 0 bridgehead atoms. The van der Waals surface area contributed by atoms with E-state index in [-0.39, 0.29) is 5.78 Å². The number of nitrogens with zero attached hydrogens (tertiary/aromatic N) is 3. The Hall–Kier alpha value is -2.53. The second-order valence-electron chi connectivity index (χ2n) is 5.29. The van der Waals surface area contributed by atoms with E-state index in [1.54, 1.807) is 0 Å². The molecule has 0 fully saturated rings. The third kappa shape index (κ3) is 2.43. The average Bonchev–Trinajstić information content (AvgIpc) is 3.04. The van der Waals surface area contributed by atoms with Crippen LogP contribution in [0.1, 0.15) is 10.4 Å². The molecule has 0 N–H and O–H groups in total. The van der Waals surface area contributed by atoms with Crippen LogP contribution < -0.4 is 0 Å². The first-order chi connectivity index (χ1) is 11.3. The van der Waals surface area contributed by atoms with Crippen molar-refractivity contribution in [2.45, 2.75) is 0 Å². The zero-order chi connectivity index (χ0) is 15.8. The summed E-state index contributed by atoms with van der Waals surface area (Å²) < 4.78 is 1.83. The Morgan fingerprint density at radius 1 is 1.00 bits per heavy atom. The van der Waals surface area contributed by atoms with E-state index >= 15 is 0 Å². The van der Waals surface area contributed by atoms with Crippen molar-refractivity contribution in [2.24, 2.45) is 0 Å². The molecule has 0 saturated heterocycles. The largest absolute Gasteiger partial charge is 0.293 e. The van der Waals surface area contributed by atoms with Crippen molar-refractivity contribution in [1.29, 1.82) is 0 Å². The summed E-state index contributed by atoms with van der Waals surface area (Å²) in [5.41, 5.74) is 3.50. The Morgan fingerprint density at radius 3 is 2.65 bits per heavy atom. The summed E-state index contributed by atoms with van der Waals surface area (Å²) in [6, 6.07) is 19.7. The Morgan fingerprint density at radius 2 is 1.78 bits per heavy atom. The maximum Gasteiger partial charge on any atom is 0.173 e. The summed E-state index contributed by atoms with van der Waals surface area (Å²) in [5.74, 6) is 0.0817. The fourth-order valence-corrected chi connectivity index (χ4v) is 3.00. The number of carbonyl (C=O) groups excluding carboxylic acids is 1. The van der Waals surface area contributed by atoms with E-state index in [2.05, 4.69) is 32.3 Å². The van der Waals surface area contributed by atoms with E-state index in [9.17, 15) is 4.79 Å². The Labute approximate surface area is 140 Å². The first kappa shape index (κ1) is 14.1. The van der Waals surface area contributed by atoms with E-state index < -0.39 is 0 Å². The molecule has 0 unspecified atom stereocenters. The van der Waals surface area contributed by atoms with Gasteiger partial charge in [0.1, 0.15) is 5.52 Å². The summed E-state index contributed by atoms with van der Waals surface area (Å²) in [7, 11) is 0. The monoisotopic (exact) mass is 365 g/mol. The predicted molar refractivity (Wildman–Crippen MR) is 94.5 cm³/mol.